The van der Waals surface area contributed by atoms with E-state index in [9.17, 15) is 8.42 Å². The molecule has 0 radical (unpaired) electrons. The third-order valence-electron chi connectivity index (χ3n) is 4.34. The van der Waals surface area contributed by atoms with Gasteiger partial charge >= 0.3 is 0 Å². The van der Waals surface area contributed by atoms with Crippen LogP contribution in [0.2, 0.25) is 0 Å². The summed E-state index contributed by atoms with van der Waals surface area (Å²) >= 11 is 0. The van der Waals surface area contributed by atoms with Crippen LogP contribution in [0.25, 0.3) is 0 Å². The van der Waals surface area contributed by atoms with Crippen molar-refractivity contribution in [2.45, 2.75) is 51.7 Å². The number of nitrogens with zero attached hydrogens (tertiary/aromatic N) is 6. The highest BCUT2D eigenvalue weighted by Crippen LogP contribution is 2.30. The summed E-state index contributed by atoms with van der Waals surface area (Å²) in [6, 6.07) is 1.66. The van der Waals surface area contributed by atoms with E-state index in [1.807, 2.05) is 6.92 Å². The van der Waals surface area contributed by atoms with Gasteiger partial charge in [0.2, 0.25) is 0 Å². The Balaban J connectivity index is 2.00. The number of hydrogen-bond donors (Lipinski definition) is 0. The van der Waals surface area contributed by atoms with Crippen LogP contribution in [-0.4, -0.2) is 43.8 Å². The number of aromatic nitrogens is 5. The molecule has 1 atom stereocenters. The molecule has 0 aliphatic carbocycles. The number of rotatable bonds is 4. The lowest BCUT2D eigenvalue weighted by atomic mass is 10.0. The van der Waals surface area contributed by atoms with Crippen molar-refractivity contribution in [1.82, 2.24) is 28.9 Å². The average Bonchev–Trinajstić information content (AvgIpc) is 3.01. The van der Waals surface area contributed by atoms with Crippen molar-refractivity contribution in [3.8, 4) is 0 Å². The Morgan fingerprint density at radius 3 is 2.58 bits per heavy atom. The van der Waals surface area contributed by atoms with E-state index < -0.39 is 10.0 Å². The minimum absolute atomic E-state index is 0.0489. The van der Waals surface area contributed by atoms with Gasteiger partial charge in [-0.25, -0.2) is 8.42 Å². The molecule has 0 fully saturated rings. The molecule has 24 heavy (non-hydrogen) atoms. The van der Waals surface area contributed by atoms with Gasteiger partial charge in [0.15, 0.2) is 5.03 Å². The molecule has 0 spiro atoms. The van der Waals surface area contributed by atoms with Gasteiger partial charge in [-0.2, -0.15) is 9.40 Å². The van der Waals surface area contributed by atoms with Crippen LogP contribution in [0.15, 0.2) is 11.1 Å². The van der Waals surface area contributed by atoms with Crippen LogP contribution in [0.4, 0.5) is 0 Å². The fourth-order valence-corrected chi connectivity index (χ4v) is 5.02. The normalized spacial score (nSPS) is 19.0. The first-order valence-electron chi connectivity index (χ1n) is 8.11. The predicted octanol–water partition coefficient (Wildman–Crippen LogP) is 1.42. The number of aryl methyl sites for hydroxylation is 3. The standard InChI is InChI=1S/C15H24N6O2S/c1-10(2)6-13-8-20(9-14-17-16-12(4)21(13)14)24(22,23)15-7-11(3)18-19(15)5/h7,10,13H,6,8-9H2,1-5H3/t13-/m0/s1. The summed E-state index contributed by atoms with van der Waals surface area (Å²) < 4.78 is 31.2. The maximum Gasteiger partial charge on any atom is 0.260 e. The third-order valence-corrected chi connectivity index (χ3v) is 6.21. The van der Waals surface area contributed by atoms with Gasteiger partial charge in [0.25, 0.3) is 10.0 Å². The minimum atomic E-state index is -3.62. The first-order valence-corrected chi connectivity index (χ1v) is 9.55. The van der Waals surface area contributed by atoms with Crippen LogP contribution in [0.3, 0.4) is 0 Å². The molecule has 1 aliphatic heterocycles. The summed E-state index contributed by atoms with van der Waals surface area (Å²) in [6.07, 6.45) is 0.877. The maximum absolute atomic E-state index is 13.1. The van der Waals surface area contributed by atoms with Crippen LogP contribution < -0.4 is 0 Å². The summed E-state index contributed by atoms with van der Waals surface area (Å²) in [7, 11) is -1.97. The van der Waals surface area contributed by atoms with E-state index in [0.29, 0.717) is 24.0 Å². The van der Waals surface area contributed by atoms with Crippen molar-refractivity contribution >= 4 is 10.0 Å². The molecular weight excluding hydrogens is 328 g/mol. The molecule has 0 amide bonds. The Morgan fingerprint density at radius 1 is 1.29 bits per heavy atom. The van der Waals surface area contributed by atoms with Crippen molar-refractivity contribution in [2.24, 2.45) is 13.0 Å². The second-order valence-electron chi connectivity index (χ2n) is 6.86. The fraction of sp³-hybridized carbons (Fsp3) is 0.667. The molecule has 132 valence electrons. The molecule has 0 saturated heterocycles. The quantitative estimate of drug-likeness (QED) is 0.831. The molecular formula is C15H24N6O2S. The van der Waals surface area contributed by atoms with E-state index in [4.69, 9.17) is 0 Å². The molecule has 2 aromatic heterocycles. The summed E-state index contributed by atoms with van der Waals surface area (Å²) in [5, 5.41) is 12.7. The maximum atomic E-state index is 13.1. The van der Waals surface area contributed by atoms with Crippen molar-refractivity contribution < 1.29 is 8.42 Å². The van der Waals surface area contributed by atoms with Gasteiger partial charge in [-0.05, 0) is 32.3 Å². The van der Waals surface area contributed by atoms with Crippen LogP contribution >= 0.6 is 0 Å². The SMILES string of the molecule is Cc1cc(S(=O)(=O)N2Cc3nnc(C)n3[C@@H](CC(C)C)C2)n(C)n1. The first kappa shape index (κ1) is 17.1. The smallest absolute Gasteiger partial charge is 0.260 e. The lowest BCUT2D eigenvalue weighted by Crippen LogP contribution is -2.42. The van der Waals surface area contributed by atoms with Crippen LogP contribution in [0.1, 0.15) is 43.7 Å². The number of sulfonamides is 1. The summed E-state index contributed by atoms with van der Waals surface area (Å²) in [4.78, 5) is 0. The van der Waals surface area contributed by atoms with Gasteiger partial charge in [-0.1, -0.05) is 13.8 Å². The second kappa shape index (κ2) is 5.96. The van der Waals surface area contributed by atoms with Crippen molar-refractivity contribution in [3.05, 3.63) is 23.4 Å². The van der Waals surface area contributed by atoms with Gasteiger partial charge in [0, 0.05) is 13.6 Å². The van der Waals surface area contributed by atoms with Crippen LogP contribution in [-0.2, 0) is 23.6 Å². The molecule has 0 aromatic carbocycles. The average molecular weight is 352 g/mol. The minimum Gasteiger partial charge on any atom is -0.310 e. The largest absolute Gasteiger partial charge is 0.310 e. The molecule has 0 unspecified atom stereocenters. The van der Waals surface area contributed by atoms with E-state index in [0.717, 1.165) is 12.2 Å². The van der Waals surface area contributed by atoms with E-state index >= 15 is 0 Å². The highest BCUT2D eigenvalue weighted by atomic mass is 32.2. The summed E-state index contributed by atoms with van der Waals surface area (Å²) in [6.45, 7) is 8.64. The summed E-state index contributed by atoms with van der Waals surface area (Å²) in [5.74, 6) is 1.99. The molecule has 0 saturated carbocycles. The Kier molecular flexibility index (Phi) is 4.25. The van der Waals surface area contributed by atoms with Crippen LogP contribution in [0, 0.1) is 19.8 Å². The van der Waals surface area contributed by atoms with Gasteiger partial charge in [-0.3, -0.25) is 4.68 Å². The van der Waals surface area contributed by atoms with Gasteiger partial charge in [0.05, 0.1) is 18.3 Å². The van der Waals surface area contributed by atoms with E-state index in [2.05, 4.69) is 33.7 Å². The zero-order valence-electron chi connectivity index (χ0n) is 14.8. The first-order chi connectivity index (χ1) is 11.2. The molecule has 3 heterocycles. The van der Waals surface area contributed by atoms with Crippen molar-refractivity contribution in [2.75, 3.05) is 6.54 Å². The van der Waals surface area contributed by atoms with E-state index in [1.165, 1.54) is 8.99 Å². The molecule has 0 bridgehead atoms. The van der Waals surface area contributed by atoms with Gasteiger partial charge in [0.1, 0.15) is 11.6 Å². The van der Waals surface area contributed by atoms with Crippen molar-refractivity contribution in [3.63, 3.8) is 0 Å². The second-order valence-corrected chi connectivity index (χ2v) is 8.75. The molecule has 3 rings (SSSR count). The predicted molar refractivity (Wildman–Crippen MR) is 88.8 cm³/mol. The Bertz CT molecular complexity index is 851. The summed E-state index contributed by atoms with van der Waals surface area (Å²) in [5.41, 5.74) is 0.686. The Hall–Kier alpha value is -1.74. The molecule has 2 aromatic rings. The van der Waals surface area contributed by atoms with Crippen molar-refractivity contribution in [1.29, 1.82) is 0 Å². The number of hydrogen-bond acceptors (Lipinski definition) is 5. The number of fused-ring (bicyclic) bond motifs is 1. The lowest BCUT2D eigenvalue weighted by molar-refractivity contribution is 0.247. The molecule has 1 aliphatic rings. The topological polar surface area (TPSA) is 85.9 Å². The molecule has 0 N–H and O–H groups in total. The zero-order valence-corrected chi connectivity index (χ0v) is 15.6. The van der Waals surface area contributed by atoms with E-state index in [-0.39, 0.29) is 17.6 Å². The van der Waals surface area contributed by atoms with Gasteiger partial charge in [-0.15, -0.1) is 10.2 Å². The van der Waals surface area contributed by atoms with E-state index in [1.54, 1.807) is 20.0 Å². The van der Waals surface area contributed by atoms with Crippen LogP contribution in [0.5, 0.6) is 0 Å². The zero-order chi connectivity index (χ0) is 17.6. The monoisotopic (exact) mass is 352 g/mol. The third kappa shape index (κ3) is 2.86. The molecule has 8 nitrogen and oxygen atoms in total. The lowest BCUT2D eigenvalue weighted by Gasteiger charge is -2.34. The highest BCUT2D eigenvalue weighted by molar-refractivity contribution is 7.89. The van der Waals surface area contributed by atoms with Gasteiger partial charge < -0.3 is 4.57 Å². The molecule has 9 heteroatoms. The Labute approximate surface area is 142 Å². The highest BCUT2D eigenvalue weighted by Gasteiger charge is 2.36. The Morgan fingerprint density at radius 2 is 2.00 bits per heavy atom. The fourth-order valence-electron chi connectivity index (χ4n) is 3.40.